The largest absolute Gasteiger partial charge is 0.460 e. The Morgan fingerprint density at radius 2 is 1.85 bits per heavy atom. The summed E-state index contributed by atoms with van der Waals surface area (Å²) in [5, 5.41) is 11.9. The molecule has 11 atom stereocenters. The van der Waals surface area contributed by atoms with Crippen LogP contribution in [0.5, 0.6) is 0 Å². The molecular formula is C32H36O8. The minimum absolute atomic E-state index is 0.0886. The molecule has 40 heavy (non-hydrogen) atoms. The van der Waals surface area contributed by atoms with Gasteiger partial charge in [0, 0.05) is 52.6 Å². The topological polar surface area (TPSA) is 116 Å². The minimum atomic E-state index is -1.18. The van der Waals surface area contributed by atoms with E-state index in [1.807, 2.05) is 33.8 Å². The summed E-state index contributed by atoms with van der Waals surface area (Å²) in [5.41, 5.74) is -1.23. The van der Waals surface area contributed by atoms with Crippen LogP contribution >= 0.6 is 0 Å². The average Bonchev–Trinajstić information content (AvgIpc) is 3.53. The third kappa shape index (κ3) is 2.67. The van der Waals surface area contributed by atoms with E-state index < -0.39 is 75.8 Å². The molecule has 0 aromatic rings. The van der Waals surface area contributed by atoms with Crippen molar-refractivity contribution in [3.05, 3.63) is 47.1 Å². The Kier molecular flexibility index (Phi) is 4.95. The van der Waals surface area contributed by atoms with Gasteiger partial charge in [-0.2, -0.15) is 0 Å². The minimum Gasteiger partial charge on any atom is -0.460 e. The average molecular weight is 549 g/mol. The third-order valence-corrected chi connectivity index (χ3v) is 12.1. The first kappa shape index (κ1) is 25.9. The molecular weight excluding hydrogens is 512 g/mol. The van der Waals surface area contributed by atoms with Crippen LogP contribution in [-0.4, -0.2) is 52.7 Å². The summed E-state index contributed by atoms with van der Waals surface area (Å²) in [6, 6.07) is 0. The first-order valence-electron chi connectivity index (χ1n) is 14.3. The van der Waals surface area contributed by atoms with Gasteiger partial charge in [0.15, 0.2) is 5.78 Å². The third-order valence-electron chi connectivity index (χ3n) is 12.1. The predicted octanol–water partition coefficient (Wildman–Crippen LogP) is 3.54. The van der Waals surface area contributed by atoms with Crippen molar-refractivity contribution in [2.75, 3.05) is 0 Å². The van der Waals surface area contributed by atoms with Crippen molar-refractivity contribution in [3.8, 4) is 0 Å². The number of ketones is 1. The summed E-state index contributed by atoms with van der Waals surface area (Å²) in [5.74, 6) is -3.06. The van der Waals surface area contributed by atoms with Gasteiger partial charge in [0.25, 0.3) is 0 Å². The molecule has 4 fully saturated rings. The number of aliphatic hydroxyl groups excluding tert-OH is 1. The van der Waals surface area contributed by atoms with Gasteiger partial charge in [0.05, 0.1) is 11.5 Å². The number of carbonyl (C=O) groups excluding carboxylic acids is 4. The van der Waals surface area contributed by atoms with Gasteiger partial charge in [-0.1, -0.05) is 36.8 Å². The molecule has 1 N–H and O–H groups in total. The molecule has 0 radical (unpaired) electrons. The van der Waals surface area contributed by atoms with Crippen molar-refractivity contribution >= 4 is 23.7 Å². The molecule has 2 saturated heterocycles. The summed E-state index contributed by atoms with van der Waals surface area (Å²) < 4.78 is 18.5. The van der Waals surface area contributed by atoms with E-state index in [0.717, 1.165) is 11.1 Å². The molecule has 0 aromatic heterocycles. The normalized spacial score (nSPS) is 50.1. The molecule has 8 unspecified atom stereocenters. The predicted molar refractivity (Wildman–Crippen MR) is 141 cm³/mol. The van der Waals surface area contributed by atoms with E-state index in [4.69, 9.17) is 14.2 Å². The summed E-state index contributed by atoms with van der Waals surface area (Å²) in [6.45, 7) is 13.1. The van der Waals surface area contributed by atoms with Crippen molar-refractivity contribution in [2.24, 2.45) is 39.9 Å². The van der Waals surface area contributed by atoms with Gasteiger partial charge in [-0.25, -0.2) is 4.79 Å². The summed E-state index contributed by atoms with van der Waals surface area (Å²) in [6.07, 6.45) is 5.09. The SMILES string of the molecule is C=C1C(=O)OC2C1CC[C@](C)(OC(C)=O)C13C=C[C@](C)(C21)C1(C3)C(=O)OC2C3C(C)=CC(=O)C3=C(C)C[C@H](O)C21. The number of fused-ring (bicyclic) bond motifs is 6. The van der Waals surface area contributed by atoms with Gasteiger partial charge in [-0.05, 0) is 52.5 Å². The molecule has 5 aliphatic carbocycles. The maximum absolute atomic E-state index is 14.4. The van der Waals surface area contributed by atoms with Gasteiger partial charge in [-0.3, -0.25) is 14.4 Å². The number of hydrogen-bond donors (Lipinski definition) is 1. The van der Waals surface area contributed by atoms with Crippen molar-refractivity contribution < 1.29 is 38.5 Å². The molecule has 0 aromatic carbocycles. The van der Waals surface area contributed by atoms with Crippen LogP contribution in [0.4, 0.5) is 0 Å². The van der Waals surface area contributed by atoms with Gasteiger partial charge >= 0.3 is 17.9 Å². The highest BCUT2D eigenvalue weighted by Gasteiger charge is 2.84. The number of allylic oxidation sites excluding steroid dienone is 2. The molecule has 212 valence electrons. The summed E-state index contributed by atoms with van der Waals surface area (Å²) >= 11 is 0. The Balaban J connectivity index is 1.44. The van der Waals surface area contributed by atoms with Crippen LogP contribution in [0.15, 0.2) is 47.1 Å². The number of aliphatic hydroxyl groups is 1. The van der Waals surface area contributed by atoms with Crippen molar-refractivity contribution in [2.45, 2.75) is 84.2 Å². The molecule has 7 rings (SSSR count). The Hall–Kier alpha value is -3.00. The number of esters is 3. The highest BCUT2D eigenvalue weighted by atomic mass is 16.6. The lowest BCUT2D eigenvalue weighted by atomic mass is 9.54. The zero-order valence-corrected chi connectivity index (χ0v) is 23.6. The Labute approximate surface area is 233 Å². The van der Waals surface area contributed by atoms with Crippen LogP contribution in [0.3, 0.4) is 0 Å². The fraction of sp³-hybridized carbons (Fsp3) is 0.625. The molecule has 2 aliphatic heterocycles. The van der Waals surface area contributed by atoms with Gasteiger partial charge in [-0.15, -0.1) is 0 Å². The van der Waals surface area contributed by atoms with Gasteiger partial charge < -0.3 is 19.3 Å². The molecule has 8 nitrogen and oxygen atoms in total. The van der Waals surface area contributed by atoms with E-state index in [0.29, 0.717) is 24.0 Å². The number of ether oxygens (including phenoxy) is 3. The van der Waals surface area contributed by atoms with Crippen LogP contribution in [0, 0.1) is 39.9 Å². The second kappa shape index (κ2) is 7.64. The maximum atomic E-state index is 14.4. The summed E-state index contributed by atoms with van der Waals surface area (Å²) in [7, 11) is 0. The van der Waals surface area contributed by atoms with E-state index in [2.05, 4.69) is 12.7 Å². The van der Waals surface area contributed by atoms with Gasteiger partial charge in [0.1, 0.15) is 17.8 Å². The Morgan fingerprint density at radius 1 is 1.12 bits per heavy atom. The zero-order valence-electron chi connectivity index (χ0n) is 23.6. The number of carbonyl (C=O) groups is 4. The van der Waals surface area contributed by atoms with Crippen molar-refractivity contribution in [3.63, 3.8) is 0 Å². The lowest BCUT2D eigenvalue weighted by Gasteiger charge is -2.47. The van der Waals surface area contributed by atoms with E-state index >= 15 is 0 Å². The van der Waals surface area contributed by atoms with Crippen LogP contribution in [0.1, 0.15) is 60.3 Å². The van der Waals surface area contributed by atoms with E-state index in [-0.39, 0.29) is 24.5 Å². The van der Waals surface area contributed by atoms with Gasteiger partial charge in [0.2, 0.25) is 0 Å². The lowest BCUT2D eigenvalue weighted by molar-refractivity contribution is -0.175. The van der Waals surface area contributed by atoms with Crippen LogP contribution in [0.25, 0.3) is 0 Å². The zero-order chi connectivity index (χ0) is 28.7. The standard InChI is InChI=1S/C32H36O8/c1-14-12-20(35)23-25(22-15(2)11-19(34)21(14)22)39-28(37)32(23)13-31-10-9-29(32,5)26(31)24-18(16(3)27(36)38-24)7-8-30(31,6)40-17(4)33/h9-11,18,20,22-26,35H,3,7-8,12-13H2,1-2,4-6H3/t18?,20-,22?,23?,24?,25?,26?,29+,30-,31?,32?/m0/s1. The van der Waals surface area contributed by atoms with Crippen LogP contribution in [-0.2, 0) is 33.4 Å². The monoisotopic (exact) mass is 548 g/mol. The molecule has 7 aliphatic rings. The molecule has 8 heteroatoms. The second-order valence-electron chi connectivity index (χ2n) is 13.7. The van der Waals surface area contributed by atoms with Crippen molar-refractivity contribution in [1.82, 2.24) is 0 Å². The fourth-order valence-electron chi connectivity index (χ4n) is 10.5. The van der Waals surface area contributed by atoms with Crippen LogP contribution in [0.2, 0.25) is 0 Å². The maximum Gasteiger partial charge on any atom is 0.334 e. The lowest BCUT2D eigenvalue weighted by Crippen LogP contribution is -2.52. The molecule has 2 heterocycles. The fourth-order valence-corrected chi connectivity index (χ4v) is 10.5. The smallest absolute Gasteiger partial charge is 0.334 e. The molecule has 2 saturated carbocycles. The highest BCUT2D eigenvalue weighted by Crippen LogP contribution is 2.80. The molecule has 1 spiro atoms. The Morgan fingerprint density at radius 3 is 2.55 bits per heavy atom. The van der Waals surface area contributed by atoms with Crippen LogP contribution < -0.4 is 0 Å². The van der Waals surface area contributed by atoms with E-state index in [1.165, 1.54) is 6.92 Å². The number of rotatable bonds is 1. The molecule has 2 bridgehead atoms. The van der Waals surface area contributed by atoms with Crippen molar-refractivity contribution in [1.29, 1.82) is 0 Å². The van der Waals surface area contributed by atoms with E-state index in [1.54, 1.807) is 6.08 Å². The molecule has 0 amide bonds. The quantitative estimate of drug-likeness (QED) is 0.229. The first-order chi connectivity index (χ1) is 18.7. The Bertz CT molecular complexity index is 1420. The summed E-state index contributed by atoms with van der Waals surface area (Å²) in [4.78, 5) is 52.8. The second-order valence-corrected chi connectivity index (χ2v) is 13.7. The first-order valence-corrected chi connectivity index (χ1v) is 14.3. The highest BCUT2D eigenvalue weighted by molar-refractivity contribution is 6.09. The number of hydrogen-bond acceptors (Lipinski definition) is 8. The van der Waals surface area contributed by atoms with E-state index in [9.17, 15) is 24.3 Å².